The Morgan fingerprint density at radius 2 is 1.02 bits per heavy atom. The summed E-state index contributed by atoms with van der Waals surface area (Å²) in [4.78, 5) is 0. The number of hydrogen-bond donors (Lipinski definition) is 0. The highest BCUT2D eigenvalue weighted by atomic mass is 19.2. The smallest absolute Gasteiger partial charge is 0.204 e. The maximum atomic E-state index is 15.0. The van der Waals surface area contributed by atoms with Crippen molar-refractivity contribution in [2.75, 3.05) is 6.61 Å². The van der Waals surface area contributed by atoms with Crippen LogP contribution in [0.4, 0.5) is 17.6 Å². The molecule has 0 bridgehead atoms. The lowest BCUT2D eigenvalue weighted by molar-refractivity contribution is 0.265. The van der Waals surface area contributed by atoms with Crippen molar-refractivity contribution < 1.29 is 27.0 Å². The molecular weight excluding hydrogens is 516 g/mol. The maximum absolute atomic E-state index is 15.0. The largest absolute Gasteiger partial charge is 0.490 e. The van der Waals surface area contributed by atoms with Gasteiger partial charge in [0.25, 0.3) is 0 Å². The lowest BCUT2D eigenvalue weighted by Crippen LogP contribution is -2.03. The molecule has 0 heterocycles. The average Bonchev–Trinajstić information content (AvgIpc) is 2.96. The van der Waals surface area contributed by atoms with E-state index in [9.17, 15) is 17.6 Å². The van der Waals surface area contributed by atoms with E-state index in [1.54, 1.807) is 48.5 Å². The highest BCUT2D eigenvalue weighted by molar-refractivity contribution is 5.72. The van der Waals surface area contributed by atoms with Gasteiger partial charge in [0.15, 0.2) is 23.1 Å². The maximum Gasteiger partial charge on any atom is 0.204 e. The summed E-state index contributed by atoms with van der Waals surface area (Å²) in [5.41, 5.74) is 3.10. The molecule has 6 heteroatoms. The molecule has 0 aliphatic heterocycles. The third-order valence-corrected chi connectivity index (χ3v) is 6.87. The number of aryl methyl sites for hydroxylation is 1. The molecule has 4 rings (SSSR count). The van der Waals surface area contributed by atoms with E-state index in [4.69, 9.17) is 9.47 Å². The molecule has 4 aromatic rings. The molecule has 0 unspecified atom stereocenters. The van der Waals surface area contributed by atoms with Gasteiger partial charge in [-0.1, -0.05) is 105 Å². The normalized spacial score (nSPS) is 11.1. The Balaban J connectivity index is 1.35. The zero-order valence-corrected chi connectivity index (χ0v) is 22.9. The predicted octanol–water partition coefficient (Wildman–Crippen LogP) is 10.2. The van der Waals surface area contributed by atoms with E-state index < -0.39 is 23.3 Å². The number of rotatable bonds is 13. The first-order valence-corrected chi connectivity index (χ1v) is 13.8. The molecule has 4 aromatic carbocycles. The van der Waals surface area contributed by atoms with Crippen molar-refractivity contribution in [3.8, 4) is 33.8 Å². The minimum atomic E-state index is -1.11. The van der Waals surface area contributed by atoms with Crippen molar-refractivity contribution in [3.05, 3.63) is 107 Å². The molecule has 0 atom stereocenters. The first-order valence-electron chi connectivity index (χ1n) is 13.8. The molecule has 0 aromatic heterocycles. The van der Waals surface area contributed by atoms with Crippen LogP contribution in [0.1, 0.15) is 56.6 Å². The van der Waals surface area contributed by atoms with Gasteiger partial charge in [-0.2, -0.15) is 8.78 Å². The second-order valence-electron chi connectivity index (χ2n) is 9.95. The summed E-state index contributed by atoms with van der Waals surface area (Å²) in [5.74, 6) is -4.39. The number of halogens is 4. The summed E-state index contributed by atoms with van der Waals surface area (Å²) in [6.07, 6.45) is 6.43. The molecule has 0 aliphatic rings. The van der Waals surface area contributed by atoms with Crippen molar-refractivity contribution in [2.45, 2.75) is 59.0 Å². The first-order chi connectivity index (χ1) is 19.4. The third kappa shape index (κ3) is 7.23. The monoisotopic (exact) mass is 550 g/mol. The minimum Gasteiger partial charge on any atom is -0.490 e. The van der Waals surface area contributed by atoms with Gasteiger partial charge in [0.05, 0.1) is 6.61 Å². The van der Waals surface area contributed by atoms with Crippen LogP contribution in [0.15, 0.2) is 72.8 Å². The Bertz CT molecular complexity index is 1400. The SMILES string of the molecule is CCCCCCCCOc1ccc(OCc2ccc(-c3ccc(-c4ccc(C)cc4)c(F)c3F)cc2)c(F)c1F. The molecule has 0 aliphatic carbocycles. The van der Waals surface area contributed by atoms with Crippen molar-refractivity contribution >= 4 is 0 Å². The van der Waals surface area contributed by atoms with E-state index >= 15 is 0 Å². The third-order valence-electron chi connectivity index (χ3n) is 6.87. The van der Waals surface area contributed by atoms with Gasteiger partial charge in [-0.05, 0) is 42.2 Å². The summed E-state index contributed by atoms with van der Waals surface area (Å²) in [6, 6.07) is 19.7. The van der Waals surface area contributed by atoms with E-state index in [1.165, 1.54) is 31.4 Å². The molecule has 0 spiro atoms. The molecule has 210 valence electrons. The second-order valence-corrected chi connectivity index (χ2v) is 9.95. The molecule has 40 heavy (non-hydrogen) atoms. The molecule has 0 amide bonds. The van der Waals surface area contributed by atoms with Gasteiger partial charge in [-0.15, -0.1) is 0 Å². The van der Waals surface area contributed by atoms with Crippen molar-refractivity contribution in [1.29, 1.82) is 0 Å². The number of benzene rings is 4. The van der Waals surface area contributed by atoms with E-state index in [0.29, 0.717) is 23.3 Å². The molecule has 0 N–H and O–H groups in total. The van der Waals surface area contributed by atoms with Gasteiger partial charge in [0.2, 0.25) is 11.6 Å². The molecular formula is C34H34F4O2. The zero-order valence-electron chi connectivity index (χ0n) is 22.9. The molecule has 0 saturated carbocycles. The second kappa shape index (κ2) is 14.0. The van der Waals surface area contributed by atoms with Gasteiger partial charge < -0.3 is 9.47 Å². The van der Waals surface area contributed by atoms with Gasteiger partial charge in [-0.3, -0.25) is 0 Å². The van der Waals surface area contributed by atoms with Crippen molar-refractivity contribution in [2.24, 2.45) is 0 Å². The Morgan fingerprint density at radius 1 is 0.525 bits per heavy atom. The van der Waals surface area contributed by atoms with Crippen molar-refractivity contribution in [1.82, 2.24) is 0 Å². The summed E-state index contributed by atoms with van der Waals surface area (Å²) >= 11 is 0. The zero-order chi connectivity index (χ0) is 28.5. The Hall–Kier alpha value is -3.80. The quantitative estimate of drug-likeness (QED) is 0.122. The van der Waals surface area contributed by atoms with Crippen LogP contribution >= 0.6 is 0 Å². The van der Waals surface area contributed by atoms with Gasteiger partial charge in [-0.25, -0.2) is 8.78 Å². The van der Waals surface area contributed by atoms with Gasteiger partial charge >= 0.3 is 0 Å². The van der Waals surface area contributed by atoms with Crippen molar-refractivity contribution in [3.63, 3.8) is 0 Å². The standard InChI is InChI=1S/C34H34F4O2/c1-3-4-5-6-7-8-21-39-29-19-20-30(34(38)33(29)37)40-22-24-11-15-26(16-12-24)28-18-17-27(31(35)32(28)36)25-13-9-23(2)10-14-25/h9-20H,3-8,21-22H2,1-2H3. The fourth-order valence-electron chi connectivity index (χ4n) is 4.47. The molecule has 0 fully saturated rings. The number of hydrogen-bond acceptors (Lipinski definition) is 2. The predicted molar refractivity (Wildman–Crippen MR) is 152 cm³/mol. The van der Waals surface area contributed by atoms with Crippen LogP contribution in [0.2, 0.25) is 0 Å². The topological polar surface area (TPSA) is 18.5 Å². The molecule has 0 saturated heterocycles. The Kier molecular flexibility index (Phi) is 10.2. The summed E-state index contributed by atoms with van der Waals surface area (Å²) < 4.78 is 69.8. The van der Waals surface area contributed by atoms with Crippen LogP contribution in [0.3, 0.4) is 0 Å². The fraction of sp³-hybridized carbons (Fsp3) is 0.294. The van der Waals surface area contributed by atoms with E-state index in [0.717, 1.165) is 24.8 Å². The number of unbranched alkanes of at least 4 members (excludes halogenated alkanes) is 5. The van der Waals surface area contributed by atoms with Crippen LogP contribution in [0, 0.1) is 30.2 Å². The summed E-state index contributed by atoms with van der Waals surface area (Å²) in [7, 11) is 0. The Morgan fingerprint density at radius 3 is 1.60 bits per heavy atom. The Labute approximate surface area is 233 Å². The van der Waals surface area contributed by atoms with Crippen LogP contribution in [0.5, 0.6) is 11.5 Å². The highest BCUT2D eigenvalue weighted by Crippen LogP contribution is 2.32. The van der Waals surface area contributed by atoms with Crippen LogP contribution in [-0.4, -0.2) is 6.61 Å². The lowest BCUT2D eigenvalue weighted by atomic mass is 9.98. The number of ether oxygens (including phenoxy) is 2. The fourth-order valence-corrected chi connectivity index (χ4v) is 4.47. The molecule has 0 radical (unpaired) electrons. The summed E-state index contributed by atoms with van der Waals surface area (Å²) in [5, 5.41) is 0. The van der Waals surface area contributed by atoms with Gasteiger partial charge in [0, 0.05) is 11.1 Å². The highest BCUT2D eigenvalue weighted by Gasteiger charge is 2.17. The lowest BCUT2D eigenvalue weighted by Gasteiger charge is -2.12. The van der Waals surface area contributed by atoms with E-state index in [-0.39, 0.29) is 29.2 Å². The van der Waals surface area contributed by atoms with Crippen LogP contribution in [0.25, 0.3) is 22.3 Å². The van der Waals surface area contributed by atoms with E-state index in [1.807, 2.05) is 19.1 Å². The minimum absolute atomic E-state index is 0.0300. The van der Waals surface area contributed by atoms with Crippen LogP contribution < -0.4 is 9.47 Å². The summed E-state index contributed by atoms with van der Waals surface area (Å²) in [6.45, 7) is 4.38. The molecule has 2 nitrogen and oxygen atoms in total. The van der Waals surface area contributed by atoms with E-state index in [2.05, 4.69) is 6.92 Å². The average molecular weight is 551 g/mol. The van der Waals surface area contributed by atoms with Gasteiger partial charge in [0.1, 0.15) is 6.61 Å². The first kappa shape index (κ1) is 29.2. The van der Waals surface area contributed by atoms with Crippen LogP contribution in [-0.2, 0) is 6.61 Å².